The van der Waals surface area contributed by atoms with E-state index >= 15 is 0 Å². The van der Waals surface area contributed by atoms with E-state index in [1.807, 2.05) is 0 Å². The molecule has 6 aliphatic heterocycles. The summed E-state index contributed by atoms with van der Waals surface area (Å²) >= 11 is 32.0. The van der Waals surface area contributed by atoms with Gasteiger partial charge in [0.1, 0.15) is 91.7 Å². The zero-order valence-electron chi connectivity index (χ0n) is 66.5. The molecule has 0 amide bonds. The molecule has 65 heteroatoms. The van der Waals surface area contributed by atoms with Crippen molar-refractivity contribution in [3.8, 4) is 0 Å². The minimum absolute atomic E-state index is 0.0207. The summed E-state index contributed by atoms with van der Waals surface area (Å²) in [6.07, 6.45) is -14.4. The van der Waals surface area contributed by atoms with Crippen molar-refractivity contribution >= 4 is 169 Å². The van der Waals surface area contributed by atoms with Crippen molar-refractivity contribution in [1.82, 2.24) is 87.2 Å². The second-order valence-electron chi connectivity index (χ2n) is 29.5. The maximum Gasteiger partial charge on any atom is 0.386 e. The normalized spacial score (nSPS) is 29.2. The van der Waals surface area contributed by atoms with Crippen molar-refractivity contribution in [2.75, 3.05) is 63.1 Å². The summed E-state index contributed by atoms with van der Waals surface area (Å²) in [5.41, 5.74) is 19.4. The average molecular weight is 2010 g/mol. The molecule has 692 valence electrons. The van der Waals surface area contributed by atoms with Gasteiger partial charge >= 0.3 is 57.5 Å². The summed E-state index contributed by atoms with van der Waals surface area (Å²) in [5, 5.41) is 0. The highest BCUT2D eigenvalue weighted by Crippen LogP contribution is 2.60. The number of rotatable bonds is 35. The molecule has 53 nitrogen and oxygen atoms in total. The van der Waals surface area contributed by atoms with Gasteiger partial charge in [0.2, 0.25) is 11.9 Å². The SMILES string of the molecule is CC[C@H]1O[C@@H](n2cc(C)c(=O)[nH]c2=O)C[C@H]1OP(O)(=S)OC[C@H]1O[C@@H](n2cc(C)c(=O)[nH]c2=O)C[C@H]1OP(O)(=S)OC[C@H]1O[C@@H](n2cnc3c(=O)[nH]c(N)nc32)C[C@H]1OP(O)(=S)OC[C@H]1O[C@@H](n2cnc3c(=O)[nH]c(N)nc32)C[C@H]1OP(O)(=S)OC[C@H]1O[C@@H](n2cc(C)c(N)nc2=O)C[C@H]1OP(=O)(S)OC[C@H]1O[C@@H](n2cnc3c(N)ncnc32)C[C@H]1OP(O)(=S)OC. The van der Waals surface area contributed by atoms with E-state index in [1.165, 1.54) is 76.0 Å². The standard InChI is InChI=1S/C62H82N22O31P6S6/c1-6-28-29(7-40(104-28)80-14-26(3)54(85)77-61(80)90)111-117(93,123)99-17-37-32(9-42(106-37)81-15-27(4)55(86)78-62(81)91)113-119(95,125)102-19-38-34(12-45(108-38)84-24-71-48-53(84)74-59(66)76-57(48)88)115-121(97,127)103-20-39-33(11-44(109-39)83-23-70-47-52(83)73-58(65)75-56(47)87)114-120(96,126)101-18-36-31(8-41(105-36)79-13-25(2)49(63)72-60(79)89)112-118(94,124)100-16-35-30(110-116(92,122)98-5)10-43(107-35)82-22-69-46-50(64)67-21-68-51(46)82/h13-15,21-24,28-45H,6-12,16-20H2,1-5H3,(H,92,122)(H,93,123)(H,94,124)(H,95,125)(H,96,126)(H,97,127)(H2,63,72,89)(H2,64,67,68)(H,77,85,90)(H,78,86,91)(H3,65,73,75,87)(H3,66,74,76,88)/t28-,29-,30-,31-,32-,33-,34-,35-,36-,37-,38-,39-,40-,41-,42-,43-,44-,45-,116?,117?,118?,119?,120?,121?/m1/s1. The Bertz CT molecular complexity index is 6460. The third-order valence-corrected chi connectivity index (χ3v) is 30.6. The fraction of sp³-hybridized carbons (Fsp3) is 0.565. The van der Waals surface area contributed by atoms with Crippen molar-refractivity contribution in [1.29, 1.82) is 0 Å². The van der Waals surface area contributed by atoms with Gasteiger partial charge < -0.3 is 121 Å². The van der Waals surface area contributed by atoms with Crippen LogP contribution in [0.25, 0.3) is 33.5 Å². The molecule has 0 bridgehead atoms. The number of aromatic nitrogens is 18. The third-order valence-electron chi connectivity index (χ3n) is 21.0. The van der Waals surface area contributed by atoms with Crippen LogP contribution in [0, 0.1) is 20.8 Å². The van der Waals surface area contributed by atoms with Gasteiger partial charge in [0.25, 0.3) is 22.2 Å². The third kappa shape index (κ3) is 21.8. The number of fused-ring (bicyclic) bond motifs is 3. The van der Waals surface area contributed by atoms with E-state index in [1.54, 1.807) is 13.8 Å². The van der Waals surface area contributed by atoms with Gasteiger partial charge in [-0.15, -0.1) is 0 Å². The van der Waals surface area contributed by atoms with E-state index in [0.29, 0.717) is 12.0 Å². The summed E-state index contributed by atoms with van der Waals surface area (Å²) in [6.45, 7) is -24.3. The van der Waals surface area contributed by atoms with Gasteiger partial charge in [-0.1, -0.05) is 19.2 Å². The Morgan fingerprint density at radius 3 is 1.14 bits per heavy atom. The summed E-state index contributed by atoms with van der Waals surface area (Å²) in [6, 6.07) is 0. The summed E-state index contributed by atoms with van der Waals surface area (Å²) in [7, 11) is 1.14. The van der Waals surface area contributed by atoms with Gasteiger partial charge in [0, 0.05) is 80.9 Å². The average Bonchev–Trinajstić information content (AvgIpc) is 1.64. The van der Waals surface area contributed by atoms with Crippen LogP contribution in [-0.2, 0) is 146 Å². The molecule has 0 radical (unpaired) electrons. The second-order valence-corrected chi connectivity index (χ2v) is 46.5. The molecule has 0 aliphatic carbocycles. The largest absolute Gasteiger partial charge is 0.386 e. The number of nitrogens with zero attached hydrogens (tertiary/aromatic N) is 14. The molecule has 6 unspecified atom stereocenters. The molecule has 6 fully saturated rings. The maximum atomic E-state index is 14.6. The summed E-state index contributed by atoms with van der Waals surface area (Å²) in [4.78, 5) is 192. The molecule has 15 heterocycles. The zero-order chi connectivity index (χ0) is 91.1. The highest BCUT2D eigenvalue weighted by atomic mass is 32.7. The number of nitrogens with one attached hydrogen (secondary N) is 4. The topological polar surface area (TPSA) is 704 Å². The van der Waals surface area contributed by atoms with Crippen LogP contribution in [0.5, 0.6) is 0 Å². The lowest BCUT2D eigenvalue weighted by Gasteiger charge is -2.28. The van der Waals surface area contributed by atoms with Crippen molar-refractivity contribution in [2.24, 2.45) is 0 Å². The molecule has 17 N–H and O–H groups in total. The molecule has 0 saturated carbocycles. The molecule has 9 aromatic rings. The molecule has 127 heavy (non-hydrogen) atoms. The molecule has 24 atom stereocenters. The molecule has 9 aromatic heterocycles. The minimum atomic E-state index is -4.72. The van der Waals surface area contributed by atoms with Crippen LogP contribution in [0.2, 0.25) is 0 Å². The quantitative estimate of drug-likeness (QED) is 0.0195. The molecular weight excluding hydrogens is 1930 g/mol. The van der Waals surface area contributed by atoms with Crippen molar-refractivity contribution in [2.45, 2.75) is 183 Å². The summed E-state index contributed by atoms with van der Waals surface area (Å²) < 4.78 is 131. The van der Waals surface area contributed by atoms with E-state index in [0.717, 1.165) is 16.2 Å². The van der Waals surface area contributed by atoms with Crippen LogP contribution >= 0.6 is 52.6 Å². The van der Waals surface area contributed by atoms with Crippen LogP contribution in [0.3, 0.4) is 0 Å². The molecule has 6 aliphatic rings. The smallest absolute Gasteiger partial charge is 0.383 e. The van der Waals surface area contributed by atoms with Gasteiger partial charge in [-0.3, -0.25) is 75.6 Å². The first-order valence-corrected chi connectivity index (χ1v) is 53.7. The van der Waals surface area contributed by atoms with Gasteiger partial charge in [-0.2, -0.15) is 15.0 Å². The van der Waals surface area contributed by atoms with Gasteiger partial charge in [0.15, 0.2) is 33.8 Å². The van der Waals surface area contributed by atoms with E-state index in [9.17, 15) is 62.6 Å². The number of nitrogen functional groups attached to an aromatic ring is 4. The lowest BCUT2D eigenvalue weighted by molar-refractivity contribution is -0.0559. The Kier molecular flexibility index (Phi) is 28.4. The number of nitrogens with two attached hydrogens (primary N) is 4. The Morgan fingerprint density at radius 1 is 0.417 bits per heavy atom. The minimum Gasteiger partial charge on any atom is -0.383 e. The number of aromatic amines is 4. The van der Waals surface area contributed by atoms with Crippen molar-refractivity contribution in [3.63, 3.8) is 0 Å². The number of anilines is 4. The Labute approximate surface area is 742 Å². The number of H-pyrrole nitrogens is 4. The van der Waals surface area contributed by atoms with Crippen molar-refractivity contribution in [3.05, 3.63) is 133 Å². The Balaban J connectivity index is 0.649. The number of aryl methyl sites for hydroxylation is 3. The van der Waals surface area contributed by atoms with Crippen LogP contribution in [0.4, 0.5) is 23.5 Å². The number of hydrogen-bond donors (Lipinski definition) is 14. The maximum absolute atomic E-state index is 14.6. The molecule has 15 rings (SSSR count). The number of imidazole rings is 3. The van der Waals surface area contributed by atoms with E-state index in [4.69, 9.17) is 165 Å². The van der Waals surface area contributed by atoms with E-state index in [-0.39, 0.29) is 107 Å². The fourth-order valence-electron chi connectivity index (χ4n) is 14.8. The van der Waals surface area contributed by atoms with Gasteiger partial charge in [-0.05, 0) is 86.2 Å². The van der Waals surface area contributed by atoms with Crippen LogP contribution in [0.1, 0.15) is 106 Å². The highest BCUT2D eigenvalue weighted by molar-refractivity contribution is 8.44. The van der Waals surface area contributed by atoms with Crippen LogP contribution in [-0.4, -0.2) is 225 Å². The van der Waals surface area contributed by atoms with Crippen LogP contribution in [0.15, 0.2) is 77.5 Å². The number of hydrogen-bond acceptors (Lipinski definition) is 43. The lowest BCUT2D eigenvalue weighted by Crippen LogP contribution is -2.33. The van der Waals surface area contributed by atoms with E-state index in [2.05, 4.69) is 72.1 Å². The second kappa shape index (κ2) is 37.9. The predicted molar refractivity (Wildman–Crippen MR) is 461 cm³/mol. The summed E-state index contributed by atoms with van der Waals surface area (Å²) in [5.74, 6) is -0.640. The molecule has 0 aromatic carbocycles. The molecule has 0 spiro atoms. The lowest BCUT2D eigenvalue weighted by atomic mass is 10.1. The predicted octanol–water partition coefficient (Wildman–Crippen LogP) is 1.00. The van der Waals surface area contributed by atoms with Crippen LogP contribution < -0.4 is 62.2 Å². The molecule has 6 saturated heterocycles. The highest BCUT2D eigenvalue weighted by Gasteiger charge is 2.51. The monoisotopic (exact) mass is 2010 g/mol. The number of thiol groups is 1. The Hall–Kier alpha value is -6.40. The first-order valence-electron chi connectivity index (χ1n) is 38.0. The first kappa shape index (κ1) is 95.2. The Morgan fingerprint density at radius 2 is 0.748 bits per heavy atom. The number of ether oxygens (including phenoxy) is 6. The van der Waals surface area contributed by atoms with E-state index < -0.39 is 223 Å². The first-order chi connectivity index (χ1) is 59.9. The van der Waals surface area contributed by atoms with Gasteiger partial charge in [0.05, 0.1) is 88.6 Å². The zero-order valence-corrected chi connectivity index (χ0v) is 76.9. The molecular formula is C62H82N22O31P6S6. The van der Waals surface area contributed by atoms with Gasteiger partial charge in [-0.25, -0.2) is 43.9 Å². The fourth-order valence-corrected chi connectivity index (χ4v) is 23.2. The van der Waals surface area contributed by atoms with Crippen molar-refractivity contribution < 1.29 is 112 Å².